The molecule has 3 N–H and O–H groups in total. The summed E-state index contributed by atoms with van der Waals surface area (Å²) in [5, 5.41) is 5.83. The minimum Gasteiger partial charge on any atom is -0.361 e. The zero-order chi connectivity index (χ0) is 28.7. The van der Waals surface area contributed by atoms with Crippen molar-refractivity contribution in [3.8, 4) is 16.8 Å². The highest BCUT2D eigenvalue weighted by molar-refractivity contribution is 7.92. The summed E-state index contributed by atoms with van der Waals surface area (Å²) in [6.45, 7) is 3.94. The number of sulfonamides is 1. The molecule has 0 aliphatic rings. The maximum absolute atomic E-state index is 13.9. The molecule has 3 aromatic carbocycles. The Kier molecular flexibility index (Phi) is 6.55. The van der Waals surface area contributed by atoms with Crippen LogP contribution in [0.15, 0.2) is 96.2 Å². The van der Waals surface area contributed by atoms with Gasteiger partial charge >= 0.3 is 0 Å². The summed E-state index contributed by atoms with van der Waals surface area (Å²) < 4.78 is 27.9. The van der Waals surface area contributed by atoms with E-state index in [0.717, 1.165) is 45.1 Å². The monoisotopic (exact) mass is 564 g/mol. The molecule has 0 unspecified atom stereocenters. The number of nitrogens with one attached hydrogen (secondary N) is 3. The smallest absolute Gasteiger partial charge is 0.263 e. The van der Waals surface area contributed by atoms with Gasteiger partial charge in [0.05, 0.1) is 23.1 Å². The highest BCUT2D eigenvalue weighted by Crippen LogP contribution is 2.35. The van der Waals surface area contributed by atoms with E-state index in [2.05, 4.69) is 25.0 Å². The third-order valence-electron chi connectivity index (χ3n) is 7.04. The molecule has 3 heterocycles. The third-order valence-corrected chi connectivity index (χ3v) is 7.65. The number of para-hydroxylation sites is 1. The van der Waals surface area contributed by atoms with Gasteiger partial charge in [0.2, 0.25) is 10.0 Å². The van der Waals surface area contributed by atoms with Gasteiger partial charge in [-0.25, -0.2) is 18.4 Å². The van der Waals surface area contributed by atoms with Gasteiger partial charge in [0.1, 0.15) is 17.8 Å². The largest absolute Gasteiger partial charge is 0.361 e. The van der Waals surface area contributed by atoms with Crippen LogP contribution in [0.5, 0.6) is 0 Å². The Labute approximate surface area is 237 Å². The van der Waals surface area contributed by atoms with Crippen LogP contribution in [0, 0.1) is 6.92 Å². The number of aromatic nitrogens is 4. The predicted molar refractivity (Wildman–Crippen MR) is 164 cm³/mol. The zero-order valence-corrected chi connectivity index (χ0v) is 23.5. The number of aromatic amines is 1. The van der Waals surface area contributed by atoms with Crippen molar-refractivity contribution < 1.29 is 8.42 Å². The Morgan fingerprint density at radius 2 is 1.71 bits per heavy atom. The first-order valence-corrected chi connectivity index (χ1v) is 15.0. The summed E-state index contributed by atoms with van der Waals surface area (Å²) in [6, 6.07) is 24.3. The lowest BCUT2D eigenvalue weighted by molar-refractivity contribution is 0.607. The van der Waals surface area contributed by atoms with E-state index in [-0.39, 0.29) is 11.6 Å². The number of pyridine rings is 1. The molecule has 0 fully saturated rings. The molecular formula is C31H28N6O3S. The molecule has 6 aromatic rings. The normalized spacial score (nSPS) is 12.5. The van der Waals surface area contributed by atoms with Gasteiger partial charge in [0.25, 0.3) is 5.56 Å². The van der Waals surface area contributed by atoms with Gasteiger partial charge < -0.3 is 10.3 Å². The molecule has 3 aromatic heterocycles. The lowest BCUT2D eigenvalue weighted by atomic mass is 10.0. The van der Waals surface area contributed by atoms with Crippen LogP contribution in [0.4, 0.5) is 11.5 Å². The lowest BCUT2D eigenvalue weighted by Gasteiger charge is -2.22. The number of rotatable bonds is 7. The highest BCUT2D eigenvalue weighted by Gasteiger charge is 2.20. The van der Waals surface area contributed by atoms with Crippen molar-refractivity contribution in [3.05, 3.63) is 113 Å². The molecule has 0 bridgehead atoms. The van der Waals surface area contributed by atoms with E-state index in [0.29, 0.717) is 22.5 Å². The third kappa shape index (κ3) is 5.05. The van der Waals surface area contributed by atoms with Gasteiger partial charge in [-0.2, -0.15) is 0 Å². The Bertz CT molecular complexity index is 2090. The SMILES string of the molecule is Cc1cccc2cc([C@H](C)Nc3ncnc4[nH]cc(-c5cccc(NS(C)(=O)=O)c5)c34)n(-c3ccccc3)c(=O)c12. The van der Waals surface area contributed by atoms with Crippen LogP contribution in [0.2, 0.25) is 0 Å². The first-order chi connectivity index (χ1) is 19.7. The zero-order valence-electron chi connectivity index (χ0n) is 22.7. The molecule has 0 aliphatic heterocycles. The molecule has 0 amide bonds. The Morgan fingerprint density at radius 3 is 2.49 bits per heavy atom. The van der Waals surface area contributed by atoms with Gasteiger partial charge in [-0.05, 0) is 60.7 Å². The minimum atomic E-state index is -3.43. The van der Waals surface area contributed by atoms with E-state index < -0.39 is 10.0 Å². The van der Waals surface area contributed by atoms with E-state index in [1.807, 2.05) is 80.7 Å². The topological polar surface area (TPSA) is 122 Å². The fourth-order valence-electron chi connectivity index (χ4n) is 5.26. The predicted octanol–water partition coefficient (Wildman–Crippen LogP) is 5.78. The number of anilines is 2. The van der Waals surface area contributed by atoms with E-state index in [1.54, 1.807) is 22.8 Å². The number of aryl methyl sites for hydroxylation is 1. The molecule has 0 saturated heterocycles. The van der Waals surface area contributed by atoms with Crippen LogP contribution in [0.3, 0.4) is 0 Å². The van der Waals surface area contributed by atoms with Crippen molar-refractivity contribution >= 4 is 43.3 Å². The van der Waals surface area contributed by atoms with E-state index in [4.69, 9.17) is 0 Å². The molecule has 0 radical (unpaired) electrons. The Balaban J connectivity index is 1.47. The number of hydrogen-bond acceptors (Lipinski definition) is 6. The van der Waals surface area contributed by atoms with E-state index >= 15 is 0 Å². The number of H-pyrrole nitrogens is 1. The van der Waals surface area contributed by atoms with Crippen LogP contribution >= 0.6 is 0 Å². The number of hydrogen-bond donors (Lipinski definition) is 3. The first-order valence-electron chi connectivity index (χ1n) is 13.1. The summed E-state index contributed by atoms with van der Waals surface area (Å²) >= 11 is 0. The average molecular weight is 565 g/mol. The van der Waals surface area contributed by atoms with Gasteiger partial charge in [0, 0.05) is 28.8 Å². The first kappa shape index (κ1) is 26.3. The van der Waals surface area contributed by atoms with Crippen molar-refractivity contribution in [2.24, 2.45) is 0 Å². The fourth-order valence-corrected chi connectivity index (χ4v) is 5.82. The van der Waals surface area contributed by atoms with Gasteiger partial charge in [-0.1, -0.05) is 48.5 Å². The number of benzene rings is 3. The maximum Gasteiger partial charge on any atom is 0.263 e. The molecule has 9 nitrogen and oxygen atoms in total. The highest BCUT2D eigenvalue weighted by atomic mass is 32.2. The van der Waals surface area contributed by atoms with Crippen molar-refractivity contribution in [3.63, 3.8) is 0 Å². The lowest BCUT2D eigenvalue weighted by Crippen LogP contribution is -2.26. The minimum absolute atomic E-state index is 0.0826. The molecule has 0 saturated carbocycles. The fraction of sp³-hybridized carbons (Fsp3) is 0.129. The summed E-state index contributed by atoms with van der Waals surface area (Å²) in [7, 11) is -3.43. The van der Waals surface area contributed by atoms with Crippen LogP contribution in [0.25, 0.3) is 38.6 Å². The molecular weight excluding hydrogens is 536 g/mol. The summed E-state index contributed by atoms with van der Waals surface area (Å²) in [5.74, 6) is 0.580. The van der Waals surface area contributed by atoms with Gasteiger partial charge in [0.15, 0.2) is 0 Å². The van der Waals surface area contributed by atoms with E-state index in [1.165, 1.54) is 6.33 Å². The Morgan fingerprint density at radius 1 is 0.927 bits per heavy atom. The second-order valence-electron chi connectivity index (χ2n) is 10.1. The van der Waals surface area contributed by atoms with Crippen LogP contribution in [-0.4, -0.2) is 34.2 Å². The summed E-state index contributed by atoms with van der Waals surface area (Å²) in [6.07, 6.45) is 4.42. The molecule has 6 rings (SSSR count). The second kappa shape index (κ2) is 10.2. The van der Waals surface area contributed by atoms with Crippen LogP contribution < -0.4 is 15.6 Å². The van der Waals surface area contributed by atoms with Crippen LogP contribution in [0.1, 0.15) is 24.2 Å². The molecule has 0 aliphatic carbocycles. The standard InChI is InChI=1S/C31H28N6O3S/c1-19-9-7-11-22-16-26(37(31(38)27(19)22)24-13-5-4-6-14-24)20(2)35-30-28-25(17-32-29(28)33-18-34-30)21-10-8-12-23(15-21)36-41(3,39)40/h4-18,20,36H,1-3H3,(H2,32,33,34,35)/t20-/m0/s1. The molecule has 41 heavy (non-hydrogen) atoms. The van der Waals surface area contributed by atoms with Gasteiger partial charge in [-0.3, -0.25) is 14.1 Å². The van der Waals surface area contributed by atoms with E-state index in [9.17, 15) is 13.2 Å². The van der Waals surface area contributed by atoms with Crippen molar-refractivity contribution in [1.82, 2.24) is 19.5 Å². The molecule has 0 spiro atoms. The summed E-state index contributed by atoms with van der Waals surface area (Å²) in [4.78, 5) is 26.1. The number of nitrogens with zero attached hydrogens (tertiary/aromatic N) is 3. The quantitative estimate of drug-likeness (QED) is 0.226. The molecule has 206 valence electrons. The average Bonchev–Trinajstić information content (AvgIpc) is 3.38. The maximum atomic E-state index is 13.9. The Hall–Kier alpha value is -4.96. The summed E-state index contributed by atoms with van der Waals surface area (Å²) in [5.41, 5.74) is 5.07. The second-order valence-corrected chi connectivity index (χ2v) is 11.8. The van der Waals surface area contributed by atoms with Crippen molar-refractivity contribution in [1.29, 1.82) is 0 Å². The molecule has 10 heteroatoms. The number of fused-ring (bicyclic) bond motifs is 2. The van der Waals surface area contributed by atoms with Gasteiger partial charge in [-0.15, -0.1) is 0 Å². The molecule has 1 atom stereocenters. The van der Waals surface area contributed by atoms with Crippen molar-refractivity contribution in [2.45, 2.75) is 19.9 Å². The van der Waals surface area contributed by atoms with Crippen molar-refractivity contribution in [2.75, 3.05) is 16.3 Å². The van der Waals surface area contributed by atoms with Crippen LogP contribution in [-0.2, 0) is 10.0 Å².